The van der Waals surface area contributed by atoms with Crippen LogP contribution in [0.3, 0.4) is 0 Å². The second-order valence-electron chi connectivity index (χ2n) is 5.43. The Balaban J connectivity index is 1.86. The number of likely N-dealkylation sites (N-methyl/N-ethyl adjacent to an activating group) is 1. The molecule has 1 saturated heterocycles. The molecule has 0 aromatic carbocycles. The van der Waals surface area contributed by atoms with Gasteiger partial charge in [-0.25, -0.2) is 0 Å². The van der Waals surface area contributed by atoms with Gasteiger partial charge in [0.1, 0.15) is 0 Å². The number of nitrogens with zero attached hydrogens (tertiary/aromatic N) is 4. The minimum absolute atomic E-state index is 0.0194. The van der Waals surface area contributed by atoms with Crippen LogP contribution < -0.4 is 5.32 Å². The molecular weight excluding hydrogens is 258 g/mol. The normalized spacial score (nSPS) is 20.1. The highest BCUT2D eigenvalue weighted by Gasteiger charge is 2.36. The number of carbonyl (C=O) groups excluding carboxylic acids is 2. The van der Waals surface area contributed by atoms with Crippen LogP contribution >= 0.6 is 0 Å². The van der Waals surface area contributed by atoms with E-state index in [2.05, 4.69) is 10.3 Å². The third-order valence-electron chi connectivity index (χ3n) is 3.65. The lowest BCUT2D eigenvalue weighted by Gasteiger charge is -2.36. The lowest BCUT2D eigenvalue weighted by molar-refractivity contribution is -0.135. The van der Waals surface area contributed by atoms with E-state index in [-0.39, 0.29) is 18.4 Å². The number of rotatable bonds is 3. The molecule has 7 heteroatoms. The van der Waals surface area contributed by atoms with Crippen LogP contribution in [0.1, 0.15) is 12.8 Å². The number of amides is 2. The minimum atomic E-state index is -0.0194. The Bertz CT molecular complexity index is 417. The first-order valence-corrected chi connectivity index (χ1v) is 6.98. The van der Waals surface area contributed by atoms with Crippen molar-refractivity contribution in [1.82, 2.24) is 20.0 Å². The van der Waals surface area contributed by atoms with Crippen LogP contribution in [0.25, 0.3) is 0 Å². The minimum Gasteiger partial charge on any atom is -0.347 e. The predicted octanol–water partition coefficient (Wildman–Crippen LogP) is -1.04. The number of nitrogens with one attached hydrogen (secondary N) is 1. The summed E-state index contributed by atoms with van der Waals surface area (Å²) in [5.74, 6) is 0.749. The van der Waals surface area contributed by atoms with Gasteiger partial charge in [-0.15, -0.1) is 0 Å². The van der Waals surface area contributed by atoms with Crippen molar-refractivity contribution in [2.24, 2.45) is 4.99 Å². The highest BCUT2D eigenvalue weighted by atomic mass is 16.2. The maximum Gasteiger partial charge on any atom is 0.242 e. The van der Waals surface area contributed by atoms with Crippen LogP contribution in [0.5, 0.6) is 0 Å². The molecule has 112 valence electrons. The highest BCUT2D eigenvalue weighted by Crippen LogP contribution is 2.27. The van der Waals surface area contributed by atoms with E-state index in [1.165, 1.54) is 4.90 Å². The molecule has 0 aromatic heterocycles. The van der Waals surface area contributed by atoms with Crippen molar-refractivity contribution >= 4 is 17.8 Å². The van der Waals surface area contributed by atoms with Crippen molar-refractivity contribution in [2.45, 2.75) is 18.9 Å². The molecule has 2 rings (SSSR count). The molecule has 1 N–H and O–H groups in total. The molecule has 20 heavy (non-hydrogen) atoms. The zero-order valence-electron chi connectivity index (χ0n) is 12.4. The number of aliphatic imine (C=N–C) groups is 1. The van der Waals surface area contributed by atoms with Gasteiger partial charge in [0.05, 0.1) is 13.1 Å². The van der Waals surface area contributed by atoms with Gasteiger partial charge in [-0.05, 0) is 12.8 Å². The van der Waals surface area contributed by atoms with Crippen LogP contribution in [0.15, 0.2) is 4.99 Å². The molecule has 0 radical (unpaired) electrons. The second-order valence-corrected chi connectivity index (χ2v) is 5.43. The third-order valence-corrected chi connectivity index (χ3v) is 3.65. The highest BCUT2D eigenvalue weighted by molar-refractivity contribution is 5.90. The summed E-state index contributed by atoms with van der Waals surface area (Å²) in [6.07, 6.45) is 2.27. The number of piperazine rings is 1. The first-order valence-electron chi connectivity index (χ1n) is 6.98. The van der Waals surface area contributed by atoms with Crippen LogP contribution in [-0.4, -0.2) is 85.8 Å². The summed E-state index contributed by atoms with van der Waals surface area (Å²) < 4.78 is 0. The van der Waals surface area contributed by atoms with Gasteiger partial charge in [-0.1, -0.05) is 0 Å². The summed E-state index contributed by atoms with van der Waals surface area (Å²) in [6, 6.07) is 0.468. The van der Waals surface area contributed by atoms with Gasteiger partial charge in [-0.3, -0.25) is 14.6 Å². The van der Waals surface area contributed by atoms with Gasteiger partial charge in [0.2, 0.25) is 11.8 Å². The molecule has 0 atom stereocenters. The Labute approximate surface area is 119 Å². The Morgan fingerprint density at radius 3 is 2.60 bits per heavy atom. The largest absolute Gasteiger partial charge is 0.347 e. The van der Waals surface area contributed by atoms with Gasteiger partial charge in [0, 0.05) is 40.3 Å². The standard InChI is InChI=1S/C13H23N5O2/c1-14-13(15-8-11(19)16(2)3)17-6-7-18(10-4-5-10)12(20)9-17/h10H,4-9H2,1-3H3,(H,14,15). The summed E-state index contributed by atoms with van der Waals surface area (Å²) >= 11 is 0. The summed E-state index contributed by atoms with van der Waals surface area (Å²) in [5, 5.41) is 3.01. The molecule has 0 aromatic rings. The van der Waals surface area contributed by atoms with E-state index in [1.54, 1.807) is 21.1 Å². The van der Waals surface area contributed by atoms with Gasteiger partial charge in [0.25, 0.3) is 0 Å². The number of carbonyl (C=O) groups is 2. The number of hydrogen-bond donors (Lipinski definition) is 1. The second kappa shape index (κ2) is 6.11. The Morgan fingerprint density at radius 2 is 2.10 bits per heavy atom. The molecule has 1 aliphatic carbocycles. The number of hydrogen-bond acceptors (Lipinski definition) is 3. The topological polar surface area (TPSA) is 68.2 Å². The molecular formula is C13H23N5O2. The number of guanidine groups is 1. The lowest BCUT2D eigenvalue weighted by atomic mass is 10.3. The summed E-state index contributed by atoms with van der Waals surface area (Å²) in [5.41, 5.74) is 0. The van der Waals surface area contributed by atoms with Gasteiger partial charge >= 0.3 is 0 Å². The quantitative estimate of drug-likeness (QED) is 0.530. The van der Waals surface area contributed by atoms with Crippen molar-refractivity contribution in [3.63, 3.8) is 0 Å². The molecule has 1 saturated carbocycles. The third kappa shape index (κ3) is 3.40. The van der Waals surface area contributed by atoms with Crippen LogP contribution in [-0.2, 0) is 9.59 Å². The Hall–Kier alpha value is -1.79. The first-order chi connectivity index (χ1) is 9.52. The van der Waals surface area contributed by atoms with Crippen molar-refractivity contribution in [1.29, 1.82) is 0 Å². The Morgan fingerprint density at radius 1 is 1.40 bits per heavy atom. The van der Waals surface area contributed by atoms with Crippen molar-refractivity contribution in [2.75, 3.05) is 47.3 Å². The van der Waals surface area contributed by atoms with Crippen molar-refractivity contribution < 1.29 is 9.59 Å². The predicted molar refractivity (Wildman–Crippen MR) is 76.4 cm³/mol. The molecule has 1 aliphatic heterocycles. The summed E-state index contributed by atoms with van der Waals surface area (Å²) in [6.45, 7) is 2.03. The maximum atomic E-state index is 12.1. The molecule has 2 aliphatic rings. The molecule has 0 unspecified atom stereocenters. The first kappa shape index (κ1) is 14.6. The lowest BCUT2D eigenvalue weighted by Crippen LogP contribution is -2.56. The average Bonchev–Trinajstić information content (AvgIpc) is 3.23. The smallest absolute Gasteiger partial charge is 0.242 e. The average molecular weight is 281 g/mol. The summed E-state index contributed by atoms with van der Waals surface area (Å²) in [4.78, 5) is 33.2. The molecule has 7 nitrogen and oxygen atoms in total. The van der Waals surface area contributed by atoms with E-state index in [0.717, 1.165) is 25.9 Å². The zero-order chi connectivity index (χ0) is 14.7. The molecule has 0 spiro atoms. The van der Waals surface area contributed by atoms with Crippen molar-refractivity contribution in [3.05, 3.63) is 0 Å². The van der Waals surface area contributed by atoms with E-state index in [4.69, 9.17) is 0 Å². The molecule has 1 heterocycles. The van der Waals surface area contributed by atoms with E-state index in [0.29, 0.717) is 18.5 Å². The van der Waals surface area contributed by atoms with Crippen LogP contribution in [0.2, 0.25) is 0 Å². The van der Waals surface area contributed by atoms with Crippen LogP contribution in [0.4, 0.5) is 0 Å². The zero-order valence-corrected chi connectivity index (χ0v) is 12.4. The maximum absolute atomic E-state index is 12.1. The van der Waals surface area contributed by atoms with E-state index in [9.17, 15) is 9.59 Å². The SMILES string of the molecule is CN=C(NCC(=O)N(C)C)N1CCN(C2CC2)C(=O)C1. The monoisotopic (exact) mass is 281 g/mol. The van der Waals surface area contributed by atoms with Crippen LogP contribution in [0, 0.1) is 0 Å². The van der Waals surface area contributed by atoms with E-state index >= 15 is 0 Å². The molecule has 2 fully saturated rings. The van der Waals surface area contributed by atoms with E-state index in [1.807, 2.05) is 9.80 Å². The van der Waals surface area contributed by atoms with Gasteiger partial charge < -0.3 is 20.0 Å². The Kier molecular flexibility index (Phi) is 4.46. The fourth-order valence-corrected chi connectivity index (χ4v) is 2.28. The molecule has 0 bridgehead atoms. The molecule has 2 amide bonds. The van der Waals surface area contributed by atoms with E-state index < -0.39 is 0 Å². The summed E-state index contributed by atoms with van der Waals surface area (Å²) in [7, 11) is 5.09. The fraction of sp³-hybridized carbons (Fsp3) is 0.769. The fourth-order valence-electron chi connectivity index (χ4n) is 2.28. The van der Waals surface area contributed by atoms with Gasteiger partial charge in [-0.2, -0.15) is 0 Å². The van der Waals surface area contributed by atoms with Gasteiger partial charge in [0.15, 0.2) is 5.96 Å². The van der Waals surface area contributed by atoms with Crippen molar-refractivity contribution in [3.8, 4) is 0 Å².